The van der Waals surface area contributed by atoms with E-state index in [1.54, 1.807) is 22.6 Å². The highest BCUT2D eigenvalue weighted by molar-refractivity contribution is 14.1. The van der Waals surface area contributed by atoms with E-state index in [-0.39, 0.29) is 5.56 Å². The molecular weight excluding hydrogens is 414 g/mol. The zero-order chi connectivity index (χ0) is 12.6. The normalized spacial score (nSPS) is 17.8. The predicted octanol–water partition coefficient (Wildman–Crippen LogP) is 2.39. The number of hydrogen-bond acceptors (Lipinski definition) is 3. The highest BCUT2D eigenvalue weighted by Crippen LogP contribution is 2.44. The molecule has 0 radical (unpaired) electrons. The third-order valence-electron chi connectivity index (χ3n) is 1.98. The van der Waals surface area contributed by atoms with Gasteiger partial charge in [-0.25, -0.2) is 12.8 Å². The average molecular weight is 423 g/mol. The summed E-state index contributed by atoms with van der Waals surface area (Å²) in [5.74, 6) is -0.523. The summed E-state index contributed by atoms with van der Waals surface area (Å²) in [7, 11) is -3.53. The first kappa shape index (κ1) is 14.3. The maximum Gasteiger partial charge on any atom is 0.206 e. The molecule has 16 heavy (non-hydrogen) atoms. The van der Waals surface area contributed by atoms with Gasteiger partial charge in [0, 0.05) is 6.26 Å². The molecule has 0 bridgehead atoms. The number of rotatable bonds is 3. The van der Waals surface area contributed by atoms with Crippen LogP contribution in [0.2, 0.25) is 0 Å². The Morgan fingerprint density at radius 2 is 2.12 bits per heavy atom. The lowest BCUT2D eigenvalue weighted by atomic mass is 10.1. The lowest BCUT2D eigenvalue weighted by Crippen LogP contribution is -2.31. The lowest BCUT2D eigenvalue weighted by molar-refractivity contribution is 0.191. The monoisotopic (exact) mass is 422 g/mol. The van der Waals surface area contributed by atoms with Crippen molar-refractivity contribution in [2.75, 3.05) is 6.26 Å². The van der Waals surface area contributed by atoms with Crippen molar-refractivity contribution in [3.8, 4) is 0 Å². The van der Waals surface area contributed by atoms with Gasteiger partial charge in [0.15, 0.2) is 9.84 Å². The van der Waals surface area contributed by atoms with Crippen LogP contribution in [0.25, 0.3) is 0 Å². The molecule has 0 saturated heterocycles. The van der Waals surface area contributed by atoms with Gasteiger partial charge in [-0.2, -0.15) is 0 Å². The molecule has 1 N–H and O–H groups in total. The molecule has 0 heterocycles. The zero-order valence-electron chi connectivity index (χ0n) is 8.19. The van der Waals surface area contributed by atoms with Crippen molar-refractivity contribution >= 4 is 48.4 Å². The molecule has 0 aliphatic heterocycles. The van der Waals surface area contributed by atoms with E-state index in [1.807, 2.05) is 0 Å². The number of sulfone groups is 1. The summed E-state index contributed by atoms with van der Waals surface area (Å²) < 4.78 is 34.3. The van der Waals surface area contributed by atoms with Gasteiger partial charge < -0.3 is 5.11 Å². The maximum atomic E-state index is 12.9. The standard InChI is InChI=1S/C9H9BrFIO3S/c1-16(14,15)9(10,12)8(13)6-3-2-4-7(11)5-6/h2-5,8,13H,1H3/t8-,9+/m0/s1. The van der Waals surface area contributed by atoms with Crippen molar-refractivity contribution < 1.29 is 17.9 Å². The number of halogens is 3. The molecule has 0 saturated carbocycles. The van der Waals surface area contributed by atoms with E-state index in [4.69, 9.17) is 0 Å². The van der Waals surface area contributed by atoms with Gasteiger partial charge in [0.05, 0.1) is 0 Å². The topological polar surface area (TPSA) is 54.4 Å². The van der Waals surface area contributed by atoms with Crippen LogP contribution in [0.3, 0.4) is 0 Å². The first-order valence-electron chi connectivity index (χ1n) is 4.17. The summed E-state index contributed by atoms with van der Waals surface area (Å²) in [6.45, 7) is 0. The number of aliphatic hydroxyl groups is 1. The van der Waals surface area contributed by atoms with Gasteiger partial charge in [0.1, 0.15) is 11.9 Å². The Labute approximate surface area is 115 Å². The highest BCUT2D eigenvalue weighted by Gasteiger charge is 2.43. The van der Waals surface area contributed by atoms with E-state index >= 15 is 0 Å². The van der Waals surface area contributed by atoms with E-state index in [2.05, 4.69) is 15.9 Å². The smallest absolute Gasteiger partial charge is 0.206 e. The van der Waals surface area contributed by atoms with Gasteiger partial charge in [-0.3, -0.25) is 0 Å². The van der Waals surface area contributed by atoms with Crippen LogP contribution in [0.15, 0.2) is 24.3 Å². The van der Waals surface area contributed by atoms with Crippen molar-refractivity contribution in [3.05, 3.63) is 35.6 Å². The summed E-state index contributed by atoms with van der Waals surface area (Å²) in [6.07, 6.45) is -0.352. The van der Waals surface area contributed by atoms with Crippen molar-refractivity contribution in [1.82, 2.24) is 0 Å². The SMILES string of the molecule is CS(=O)(=O)[C@](Br)(I)[C@@H](O)c1cccc(F)c1. The molecular formula is C9H9BrFIO3S. The molecule has 0 amide bonds. The van der Waals surface area contributed by atoms with E-state index < -0.39 is 23.4 Å². The quantitative estimate of drug-likeness (QED) is 0.601. The molecule has 0 spiro atoms. The highest BCUT2D eigenvalue weighted by atomic mass is 127. The van der Waals surface area contributed by atoms with E-state index in [0.717, 1.165) is 12.3 Å². The minimum Gasteiger partial charge on any atom is -0.385 e. The van der Waals surface area contributed by atoms with E-state index in [9.17, 15) is 17.9 Å². The summed E-state index contributed by atoms with van der Waals surface area (Å²) in [5, 5.41) is 9.91. The van der Waals surface area contributed by atoms with Crippen molar-refractivity contribution in [3.63, 3.8) is 0 Å². The van der Waals surface area contributed by atoms with Crippen LogP contribution in [-0.4, -0.2) is 21.4 Å². The molecule has 1 aromatic carbocycles. The Hall–Kier alpha value is 0.270. The van der Waals surface area contributed by atoms with Crippen LogP contribution in [0.1, 0.15) is 11.7 Å². The Morgan fingerprint density at radius 1 is 1.56 bits per heavy atom. The van der Waals surface area contributed by atoms with Crippen LogP contribution in [0.5, 0.6) is 0 Å². The first-order chi connectivity index (χ1) is 7.16. The number of hydrogen-bond donors (Lipinski definition) is 1. The second-order valence-electron chi connectivity index (χ2n) is 3.29. The average Bonchev–Trinajstić information content (AvgIpc) is 2.14. The molecule has 2 atom stereocenters. The Morgan fingerprint density at radius 3 is 2.56 bits per heavy atom. The summed E-state index contributed by atoms with van der Waals surface area (Å²) in [4.78, 5) is 0. The molecule has 0 aliphatic carbocycles. The van der Waals surface area contributed by atoms with Gasteiger partial charge in [-0.15, -0.1) is 0 Å². The first-order valence-corrected chi connectivity index (χ1v) is 7.93. The van der Waals surface area contributed by atoms with Crippen LogP contribution < -0.4 is 0 Å². The van der Waals surface area contributed by atoms with E-state index in [1.165, 1.54) is 18.2 Å². The second kappa shape index (κ2) is 4.87. The van der Waals surface area contributed by atoms with Gasteiger partial charge in [-0.05, 0) is 40.3 Å². The molecule has 0 aliphatic rings. The number of benzene rings is 1. The fraction of sp³-hybridized carbons (Fsp3) is 0.333. The van der Waals surface area contributed by atoms with Gasteiger partial charge in [0.2, 0.25) is 1.66 Å². The van der Waals surface area contributed by atoms with Gasteiger partial charge in [-0.1, -0.05) is 28.1 Å². The third kappa shape index (κ3) is 2.93. The molecule has 3 nitrogen and oxygen atoms in total. The molecule has 1 aromatic rings. The maximum absolute atomic E-state index is 12.9. The molecule has 7 heteroatoms. The number of alkyl halides is 2. The minimum absolute atomic E-state index is 0.205. The second-order valence-corrected chi connectivity index (χ2v) is 11.2. The third-order valence-corrected chi connectivity index (χ3v) is 8.38. The van der Waals surface area contributed by atoms with Crippen LogP contribution in [0, 0.1) is 5.82 Å². The summed E-state index contributed by atoms with van der Waals surface area (Å²) in [6, 6.07) is 5.20. The molecule has 0 fully saturated rings. The predicted molar refractivity (Wildman–Crippen MR) is 71.9 cm³/mol. The number of aliphatic hydroxyl groups excluding tert-OH is 1. The van der Waals surface area contributed by atoms with Crippen molar-refractivity contribution in [2.45, 2.75) is 7.77 Å². The lowest BCUT2D eigenvalue weighted by Gasteiger charge is -2.25. The molecule has 90 valence electrons. The fourth-order valence-corrected chi connectivity index (χ4v) is 2.24. The molecule has 0 unspecified atom stereocenters. The van der Waals surface area contributed by atoms with E-state index in [0.29, 0.717) is 0 Å². The van der Waals surface area contributed by atoms with Crippen LogP contribution in [-0.2, 0) is 9.84 Å². The van der Waals surface area contributed by atoms with Crippen molar-refractivity contribution in [2.24, 2.45) is 0 Å². The Balaban J connectivity index is 3.17. The molecule has 1 rings (SSSR count). The van der Waals surface area contributed by atoms with Crippen molar-refractivity contribution in [1.29, 1.82) is 0 Å². The minimum atomic E-state index is -3.53. The molecule has 0 aromatic heterocycles. The van der Waals surface area contributed by atoms with Crippen LogP contribution in [0.4, 0.5) is 4.39 Å². The van der Waals surface area contributed by atoms with Gasteiger partial charge in [0.25, 0.3) is 0 Å². The Kier molecular flexibility index (Phi) is 4.36. The zero-order valence-corrected chi connectivity index (χ0v) is 12.8. The summed E-state index contributed by atoms with van der Waals surface area (Å²) in [5.41, 5.74) is 0.205. The Bertz CT molecular complexity index is 489. The van der Waals surface area contributed by atoms with Gasteiger partial charge >= 0.3 is 0 Å². The largest absolute Gasteiger partial charge is 0.385 e. The van der Waals surface area contributed by atoms with Crippen LogP contribution >= 0.6 is 38.5 Å². The fourth-order valence-electron chi connectivity index (χ4n) is 1.07. The summed E-state index contributed by atoms with van der Waals surface area (Å²) >= 11 is 4.54.